The smallest absolute Gasteiger partial charge is 0.545 e. The summed E-state index contributed by atoms with van der Waals surface area (Å²) in [7, 11) is 0. The fraction of sp³-hybridized carbons (Fsp3) is 0.154. The molecule has 0 amide bonds. The quantitative estimate of drug-likeness (QED) is 0.599. The van der Waals surface area contributed by atoms with E-state index >= 15 is 0 Å². The standard InChI is InChI=1S/C13H11BrN2O3.Na/c1-2-10-12(13(18)19)11(17)7-15-16(10)9-5-3-8(14)4-6-9;/h3-7H,2H2,1H3,(H,18,19);/q;+1/p-1. The van der Waals surface area contributed by atoms with Crippen LogP contribution in [0.3, 0.4) is 0 Å². The van der Waals surface area contributed by atoms with Gasteiger partial charge in [0.1, 0.15) is 0 Å². The van der Waals surface area contributed by atoms with E-state index in [-0.39, 0.29) is 35.1 Å². The van der Waals surface area contributed by atoms with Gasteiger partial charge in [-0.15, -0.1) is 0 Å². The first-order valence-electron chi connectivity index (χ1n) is 5.63. The zero-order chi connectivity index (χ0) is 14.0. The zero-order valence-corrected chi connectivity index (χ0v) is 14.7. The molecule has 2 aromatic rings. The van der Waals surface area contributed by atoms with Crippen molar-refractivity contribution in [1.82, 2.24) is 9.78 Å². The molecule has 0 aliphatic rings. The van der Waals surface area contributed by atoms with Crippen LogP contribution in [0.25, 0.3) is 5.69 Å². The number of hydrogen-bond acceptors (Lipinski definition) is 4. The van der Waals surface area contributed by atoms with Gasteiger partial charge in [0.2, 0.25) is 5.43 Å². The van der Waals surface area contributed by atoms with Crippen LogP contribution in [0, 0.1) is 0 Å². The van der Waals surface area contributed by atoms with Crippen molar-refractivity contribution in [2.24, 2.45) is 0 Å². The van der Waals surface area contributed by atoms with Crippen LogP contribution in [0.1, 0.15) is 23.0 Å². The first kappa shape index (κ1) is 17.1. The summed E-state index contributed by atoms with van der Waals surface area (Å²) in [5.74, 6) is -1.48. The van der Waals surface area contributed by atoms with Gasteiger partial charge in [-0.05, 0) is 30.7 Å². The molecule has 0 unspecified atom stereocenters. The second-order valence-corrected chi connectivity index (χ2v) is 4.78. The van der Waals surface area contributed by atoms with Crippen LogP contribution in [0.15, 0.2) is 39.7 Å². The number of benzene rings is 1. The van der Waals surface area contributed by atoms with Crippen molar-refractivity contribution in [1.29, 1.82) is 0 Å². The monoisotopic (exact) mass is 344 g/mol. The van der Waals surface area contributed by atoms with Crippen LogP contribution in [0.2, 0.25) is 0 Å². The van der Waals surface area contributed by atoms with Crippen LogP contribution < -0.4 is 40.1 Å². The van der Waals surface area contributed by atoms with Crippen LogP contribution in [-0.2, 0) is 6.42 Å². The number of aromatic nitrogens is 2. The maximum Gasteiger partial charge on any atom is 1.00 e. The normalized spacial score (nSPS) is 9.90. The van der Waals surface area contributed by atoms with Crippen LogP contribution in [-0.4, -0.2) is 15.7 Å². The van der Waals surface area contributed by atoms with Gasteiger partial charge in [-0.2, -0.15) is 5.10 Å². The van der Waals surface area contributed by atoms with E-state index in [0.717, 1.165) is 10.7 Å². The molecule has 0 radical (unpaired) electrons. The SMILES string of the molecule is CCc1c(C(=O)[O-])c(=O)cnn1-c1ccc(Br)cc1.[Na+]. The average Bonchev–Trinajstić information content (AvgIpc) is 2.39. The summed E-state index contributed by atoms with van der Waals surface area (Å²) in [5.41, 5.74) is 0.0444. The van der Waals surface area contributed by atoms with E-state index < -0.39 is 11.4 Å². The van der Waals surface area contributed by atoms with E-state index in [1.54, 1.807) is 19.1 Å². The molecule has 98 valence electrons. The molecule has 0 atom stereocenters. The molecule has 0 saturated carbocycles. The van der Waals surface area contributed by atoms with Gasteiger partial charge in [-0.3, -0.25) is 4.79 Å². The predicted molar refractivity (Wildman–Crippen MR) is 71.2 cm³/mol. The minimum absolute atomic E-state index is 0. The van der Waals surface area contributed by atoms with Crippen molar-refractivity contribution in [3.8, 4) is 5.69 Å². The van der Waals surface area contributed by atoms with E-state index in [4.69, 9.17) is 0 Å². The molecule has 0 spiro atoms. The van der Waals surface area contributed by atoms with E-state index in [9.17, 15) is 14.7 Å². The predicted octanol–water partition coefficient (Wildman–Crippen LogP) is -2.08. The van der Waals surface area contributed by atoms with Gasteiger partial charge in [0.05, 0.1) is 29.1 Å². The number of carbonyl (C=O) groups excluding carboxylic acids is 1. The molecule has 1 aromatic carbocycles. The second kappa shape index (κ2) is 7.17. The first-order chi connectivity index (χ1) is 9.04. The van der Waals surface area contributed by atoms with E-state index in [0.29, 0.717) is 17.8 Å². The molecule has 5 nitrogen and oxygen atoms in total. The molecule has 1 aromatic heterocycles. The van der Waals surface area contributed by atoms with Gasteiger partial charge in [0.25, 0.3) is 0 Å². The molecule has 2 rings (SSSR count). The maximum absolute atomic E-state index is 11.6. The summed E-state index contributed by atoms with van der Waals surface area (Å²) < 4.78 is 2.34. The van der Waals surface area contributed by atoms with Gasteiger partial charge in [0.15, 0.2) is 0 Å². The first-order valence-corrected chi connectivity index (χ1v) is 6.42. The number of carbonyl (C=O) groups is 1. The largest absolute Gasteiger partial charge is 1.00 e. The Morgan fingerprint density at radius 2 is 1.95 bits per heavy atom. The van der Waals surface area contributed by atoms with Crippen molar-refractivity contribution >= 4 is 21.9 Å². The molecule has 0 fully saturated rings. The number of nitrogens with zero attached hydrogens (tertiary/aromatic N) is 2. The molecular formula is C13H10BrN2NaO3. The minimum atomic E-state index is -1.48. The van der Waals surface area contributed by atoms with Crippen molar-refractivity contribution in [2.45, 2.75) is 13.3 Å². The number of hydrogen-bond donors (Lipinski definition) is 0. The van der Waals surface area contributed by atoms with E-state index in [1.807, 2.05) is 12.1 Å². The van der Waals surface area contributed by atoms with Crippen molar-refractivity contribution < 1.29 is 39.5 Å². The second-order valence-electron chi connectivity index (χ2n) is 3.86. The zero-order valence-electron chi connectivity index (χ0n) is 11.1. The van der Waals surface area contributed by atoms with Crippen molar-refractivity contribution in [2.75, 3.05) is 0 Å². The Morgan fingerprint density at radius 3 is 2.45 bits per heavy atom. The summed E-state index contributed by atoms with van der Waals surface area (Å²) in [6, 6.07) is 7.18. The number of rotatable bonds is 3. The maximum atomic E-state index is 11.6. The van der Waals surface area contributed by atoms with Gasteiger partial charge in [0, 0.05) is 4.47 Å². The summed E-state index contributed by atoms with van der Waals surface area (Å²) in [6.07, 6.45) is 1.36. The van der Waals surface area contributed by atoms with E-state index in [2.05, 4.69) is 21.0 Å². The summed E-state index contributed by atoms with van der Waals surface area (Å²) in [5, 5.41) is 15.1. The van der Waals surface area contributed by atoms with Crippen LogP contribution in [0.4, 0.5) is 0 Å². The molecule has 0 saturated heterocycles. The summed E-state index contributed by atoms with van der Waals surface area (Å²) in [4.78, 5) is 22.7. The van der Waals surface area contributed by atoms with E-state index in [1.165, 1.54) is 4.68 Å². The Labute approximate surface area is 146 Å². The van der Waals surface area contributed by atoms with Crippen molar-refractivity contribution in [3.63, 3.8) is 0 Å². The third-order valence-electron chi connectivity index (χ3n) is 2.69. The number of carboxylic acids is 1. The minimum Gasteiger partial charge on any atom is -0.545 e. The Bertz CT molecular complexity index is 683. The fourth-order valence-corrected chi connectivity index (χ4v) is 2.11. The molecule has 1 heterocycles. The van der Waals surface area contributed by atoms with Crippen molar-refractivity contribution in [3.05, 3.63) is 56.4 Å². The number of aromatic carboxylic acids is 1. The number of carboxylic acid groups (broad SMARTS) is 1. The third-order valence-corrected chi connectivity index (χ3v) is 3.22. The Morgan fingerprint density at radius 1 is 1.35 bits per heavy atom. The molecule has 7 heteroatoms. The van der Waals surface area contributed by atoms with Gasteiger partial charge < -0.3 is 9.90 Å². The Hall–Kier alpha value is -0.950. The van der Waals surface area contributed by atoms with Gasteiger partial charge in [-0.1, -0.05) is 22.9 Å². The topological polar surface area (TPSA) is 75.0 Å². The molecule has 0 bridgehead atoms. The van der Waals surface area contributed by atoms with Crippen LogP contribution >= 0.6 is 15.9 Å². The Balaban J connectivity index is 0.00000200. The Kier molecular flexibility index (Phi) is 6.13. The summed E-state index contributed by atoms with van der Waals surface area (Å²) >= 11 is 3.32. The molecule has 20 heavy (non-hydrogen) atoms. The van der Waals surface area contributed by atoms with Gasteiger partial charge in [-0.25, -0.2) is 4.68 Å². The number of halogens is 1. The molecule has 0 aliphatic heterocycles. The van der Waals surface area contributed by atoms with Crippen LogP contribution in [0.5, 0.6) is 0 Å². The fourth-order valence-electron chi connectivity index (χ4n) is 1.84. The molecule has 0 aliphatic carbocycles. The van der Waals surface area contributed by atoms with Gasteiger partial charge >= 0.3 is 29.6 Å². The third kappa shape index (κ3) is 3.38. The molecular weight excluding hydrogens is 335 g/mol. The average molecular weight is 345 g/mol. The molecule has 0 N–H and O–H groups in total. The summed E-state index contributed by atoms with van der Waals surface area (Å²) in [6.45, 7) is 1.76.